The number of rotatable bonds is 5. The lowest BCUT2D eigenvalue weighted by Crippen LogP contribution is -2.18. The van der Waals surface area contributed by atoms with E-state index in [4.69, 9.17) is 16.0 Å². The predicted molar refractivity (Wildman–Crippen MR) is 88.9 cm³/mol. The quantitative estimate of drug-likeness (QED) is 0.714. The third-order valence-corrected chi connectivity index (χ3v) is 3.65. The van der Waals surface area contributed by atoms with Crippen molar-refractivity contribution in [3.05, 3.63) is 65.2 Å². The minimum Gasteiger partial charge on any atom is -0.439 e. The molecule has 2 aromatic heterocycles. The Balaban J connectivity index is 1.72. The molecule has 0 radical (unpaired) electrons. The van der Waals surface area contributed by atoms with E-state index in [2.05, 4.69) is 19.9 Å². The van der Waals surface area contributed by atoms with Crippen LogP contribution in [0.15, 0.2) is 47.3 Å². The topological polar surface area (TPSA) is 55.1 Å². The van der Waals surface area contributed by atoms with E-state index in [1.54, 1.807) is 18.6 Å². The molecule has 0 fully saturated rings. The molecule has 1 aromatic carbocycles. The van der Waals surface area contributed by atoms with Crippen LogP contribution in [0.25, 0.3) is 11.3 Å². The summed E-state index contributed by atoms with van der Waals surface area (Å²) in [7, 11) is 2.00. The zero-order valence-corrected chi connectivity index (χ0v) is 13.8. The van der Waals surface area contributed by atoms with E-state index >= 15 is 0 Å². The number of nitrogens with zero attached hydrogens (tertiary/aromatic N) is 4. The van der Waals surface area contributed by atoms with E-state index in [9.17, 15) is 0 Å². The maximum atomic E-state index is 5.93. The fraction of sp³-hybridized carbons (Fsp3) is 0.235. The standard InChI is InChI=1S/C17H17ClN4O/c1-12-17(13-3-5-14(18)6-4-13)23-16(21-12)11-22(2)10-15-9-19-7-8-20-15/h3-9H,10-11H2,1-2H3. The van der Waals surface area contributed by atoms with Gasteiger partial charge >= 0.3 is 0 Å². The smallest absolute Gasteiger partial charge is 0.209 e. The molecule has 0 saturated carbocycles. The lowest BCUT2D eigenvalue weighted by molar-refractivity contribution is 0.279. The Labute approximate surface area is 140 Å². The summed E-state index contributed by atoms with van der Waals surface area (Å²) >= 11 is 5.93. The average molecular weight is 329 g/mol. The molecule has 5 nitrogen and oxygen atoms in total. The SMILES string of the molecule is Cc1nc(CN(C)Cc2cnccn2)oc1-c1ccc(Cl)cc1. The maximum Gasteiger partial charge on any atom is 0.209 e. The van der Waals surface area contributed by atoms with Gasteiger partial charge in [-0.15, -0.1) is 0 Å². The molecular weight excluding hydrogens is 312 g/mol. The van der Waals surface area contributed by atoms with Gasteiger partial charge in [0.1, 0.15) is 0 Å². The zero-order valence-electron chi connectivity index (χ0n) is 13.0. The van der Waals surface area contributed by atoms with Crippen molar-refractivity contribution in [2.45, 2.75) is 20.0 Å². The molecule has 0 aliphatic carbocycles. The van der Waals surface area contributed by atoms with E-state index < -0.39 is 0 Å². The van der Waals surface area contributed by atoms with Gasteiger partial charge in [-0.2, -0.15) is 0 Å². The van der Waals surface area contributed by atoms with Crippen LogP contribution < -0.4 is 0 Å². The van der Waals surface area contributed by atoms with Crippen molar-refractivity contribution in [2.75, 3.05) is 7.05 Å². The number of hydrogen-bond acceptors (Lipinski definition) is 5. The summed E-state index contributed by atoms with van der Waals surface area (Å²) in [5.41, 5.74) is 2.76. The Morgan fingerprint density at radius 1 is 1.13 bits per heavy atom. The summed E-state index contributed by atoms with van der Waals surface area (Å²) in [5.74, 6) is 1.46. The van der Waals surface area contributed by atoms with Crippen molar-refractivity contribution in [1.29, 1.82) is 0 Å². The number of aromatic nitrogens is 3. The second kappa shape index (κ2) is 6.89. The van der Waals surface area contributed by atoms with Gasteiger partial charge < -0.3 is 4.42 Å². The van der Waals surface area contributed by atoms with Crippen LogP contribution in [0, 0.1) is 6.92 Å². The van der Waals surface area contributed by atoms with Crippen molar-refractivity contribution in [1.82, 2.24) is 19.9 Å². The monoisotopic (exact) mass is 328 g/mol. The number of halogens is 1. The molecule has 0 N–H and O–H groups in total. The zero-order chi connectivity index (χ0) is 16.2. The molecule has 0 atom stereocenters. The van der Waals surface area contributed by atoms with Crippen molar-refractivity contribution < 1.29 is 4.42 Å². The minimum atomic E-state index is 0.602. The van der Waals surface area contributed by atoms with Gasteiger partial charge in [0.15, 0.2) is 5.76 Å². The number of oxazole rings is 1. The Bertz CT molecular complexity index is 771. The largest absolute Gasteiger partial charge is 0.439 e. The molecule has 0 unspecified atom stereocenters. The van der Waals surface area contributed by atoms with Gasteiger partial charge in [-0.3, -0.25) is 14.9 Å². The molecule has 118 valence electrons. The van der Waals surface area contributed by atoms with Crippen LogP contribution in [0.1, 0.15) is 17.3 Å². The molecule has 0 amide bonds. The third-order valence-electron chi connectivity index (χ3n) is 3.40. The minimum absolute atomic E-state index is 0.602. The fourth-order valence-corrected chi connectivity index (χ4v) is 2.49. The summed E-state index contributed by atoms with van der Waals surface area (Å²) in [6.45, 7) is 3.23. The van der Waals surface area contributed by atoms with Crippen molar-refractivity contribution in [2.24, 2.45) is 0 Å². The van der Waals surface area contributed by atoms with E-state index in [1.807, 2.05) is 38.2 Å². The van der Waals surface area contributed by atoms with E-state index in [0.717, 1.165) is 22.7 Å². The summed E-state index contributed by atoms with van der Waals surface area (Å²) in [6.07, 6.45) is 5.12. The van der Waals surface area contributed by atoms with Crippen molar-refractivity contribution >= 4 is 11.6 Å². The molecule has 6 heteroatoms. The van der Waals surface area contributed by atoms with Gasteiger partial charge in [0, 0.05) is 35.7 Å². The van der Waals surface area contributed by atoms with Crippen LogP contribution in [-0.4, -0.2) is 26.9 Å². The molecule has 0 spiro atoms. The Kier molecular flexibility index (Phi) is 4.69. The predicted octanol–water partition coefficient (Wildman–Crippen LogP) is 3.73. The summed E-state index contributed by atoms with van der Waals surface area (Å²) < 4.78 is 5.92. The molecule has 23 heavy (non-hydrogen) atoms. The Hall–Kier alpha value is -2.24. The van der Waals surface area contributed by atoms with Crippen LogP contribution in [-0.2, 0) is 13.1 Å². The van der Waals surface area contributed by atoms with Crippen molar-refractivity contribution in [3.8, 4) is 11.3 Å². The molecule has 0 saturated heterocycles. The van der Waals surface area contributed by atoms with Crippen LogP contribution in [0.5, 0.6) is 0 Å². The highest BCUT2D eigenvalue weighted by atomic mass is 35.5. The second-order valence-electron chi connectivity index (χ2n) is 5.40. The number of hydrogen-bond donors (Lipinski definition) is 0. The first-order valence-electron chi connectivity index (χ1n) is 7.27. The lowest BCUT2D eigenvalue weighted by Gasteiger charge is -2.13. The second-order valence-corrected chi connectivity index (χ2v) is 5.83. The van der Waals surface area contributed by atoms with Crippen molar-refractivity contribution in [3.63, 3.8) is 0 Å². The molecular formula is C17H17ClN4O. The summed E-state index contributed by atoms with van der Waals surface area (Å²) in [6, 6.07) is 7.56. The molecule has 3 aromatic rings. The van der Waals surface area contributed by atoms with Crippen LogP contribution in [0.4, 0.5) is 0 Å². The molecule has 2 heterocycles. The van der Waals surface area contributed by atoms with Gasteiger partial charge in [0.05, 0.1) is 17.9 Å². The molecule has 3 rings (SSSR count). The van der Waals surface area contributed by atoms with Gasteiger partial charge in [-0.05, 0) is 38.2 Å². The molecule has 0 bridgehead atoms. The summed E-state index contributed by atoms with van der Waals surface area (Å²) in [5, 5.41) is 0.704. The van der Waals surface area contributed by atoms with Crippen LogP contribution >= 0.6 is 11.6 Å². The number of aryl methyl sites for hydroxylation is 1. The number of benzene rings is 1. The van der Waals surface area contributed by atoms with Gasteiger partial charge in [0.25, 0.3) is 0 Å². The highest BCUT2D eigenvalue weighted by Gasteiger charge is 2.13. The first kappa shape index (κ1) is 15.6. The highest BCUT2D eigenvalue weighted by molar-refractivity contribution is 6.30. The molecule has 0 aliphatic rings. The van der Waals surface area contributed by atoms with Crippen LogP contribution in [0.3, 0.4) is 0 Å². The Morgan fingerprint density at radius 2 is 1.91 bits per heavy atom. The normalized spacial score (nSPS) is 11.1. The first-order chi connectivity index (χ1) is 11.1. The van der Waals surface area contributed by atoms with E-state index in [-0.39, 0.29) is 0 Å². The first-order valence-corrected chi connectivity index (χ1v) is 7.65. The van der Waals surface area contributed by atoms with E-state index in [1.165, 1.54) is 0 Å². The lowest BCUT2D eigenvalue weighted by atomic mass is 10.1. The molecule has 0 aliphatic heterocycles. The summed E-state index contributed by atoms with van der Waals surface area (Å²) in [4.78, 5) is 14.9. The highest BCUT2D eigenvalue weighted by Crippen LogP contribution is 2.26. The van der Waals surface area contributed by atoms with E-state index in [0.29, 0.717) is 24.0 Å². The van der Waals surface area contributed by atoms with Gasteiger partial charge in [-0.1, -0.05) is 11.6 Å². The Morgan fingerprint density at radius 3 is 2.61 bits per heavy atom. The fourth-order valence-electron chi connectivity index (χ4n) is 2.36. The van der Waals surface area contributed by atoms with Gasteiger partial charge in [0.2, 0.25) is 5.89 Å². The van der Waals surface area contributed by atoms with Gasteiger partial charge in [-0.25, -0.2) is 4.98 Å². The third kappa shape index (κ3) is 3.94. The van der Waals surface area contributed by atoms with Crippen LogP contribution in [0.2, 0.25) is 5.02 Å². The average Bonchev–Trinajstić information content (AvgIpc) is 2.89. The maximum absolute atomic E-state index is 5.93.